The second kappa shape index (κ2) is 7.53. The van der Waals surface area contributed by atoms with E-state index in [1.54, 1.807) is 32.9 Å². The first-order valence-corrected chi connectivity index (χ1v) is 11.0. The van der Waals surface area contributed by atoms with Crippen molar-refractivity contribution in [1.29, 1.82) is 0 Å². The maximum atomic E-state index is 13.5. The highest BCUT2D eigenvalue weighted by Crippen LogP contribution is 2.39. The Morgan fingerprint density at radius 3 is 2.48 bits per heavy atom. The van der Waals surface area contributed by atoms with Crippen LogP contribution in [0, 0.1) is 5.82 Å². The smallest absolute Gasteiger partial charge is 0.216 e. The molecule has 1 aromatic carbocycles. The number of hydrogen-bond donors (Lipinski definition) is 2. The summed E-state index contributed by atoms with van der Waals surface area (Å²) in [7, 11) is -3.36. The molecule has 1 heterocycles. The van der Waals surface area contributed by atoms with Crippen molar-refractivity contribution in [1.82, 2.24) is 14.9 Å². The van der Waals surface area contributed by atoms with Crippen LogP contribution in [-0.2, 0) is 10.0 Å². The van der Waals surface area contributed by atoms with Crippen molar-refractivity contribution in [3.8, 4) is 11.3 Å². The average molecular weight is 414 g/mol. The van der Waals surface area contributed by atoms with Gasteiger partial charge in [0.05, 0.1) is 15.5 Å². The van der Waals surface area contributed by atoms with Gasteiger partial charge in [-0.3, -0.25) is 5.10 Å². The van der Waals surface area contributed by atoms with Crippen LogP contribution in [-0.4, -0.2) is 29.4 Å². The maximum Gasteiger partial charge on any atom is 0.216 e. The van der Waals surface area contributed by atoms with E-state index < -0.39 is 14.8 Å². The fraction of sp³-hybridized carbons (Fsp3) is 0.526. The molecule has 8 heteroatoms. The summed E-state index contributed by atoms with van der Waals surface area (Å²) < 4.78 is 40.1. The highest BCUT2D eigenvalue weighted by Gasteiger charge is 2.34. The van der Waals surface area contributed by atoms with Gasteiger partial charge >= 0.3 is 0 Å². The van der Waals surface area contributed by atoms with Gasteiger partial charge < -0.3 is 0 Å². The molecule has 1 aliphatic carbocycles. The molecule has 1 saturated carbocycles. The number of nitrogens with one attached hydrogen (secondary N) is 2. The molecule has 3 rings (SSSR count). The number of aromatic nitrogens is 2. The van der Waals surface area contributed by atoms with Crippen LogP contribution in [0.1, 0.15) is 58.1 Å². The monoisotopic (exact) mass is 413 g/mol. The second-order valence-electron chi connectivity index (χ2n) is 8.09. The van der Waals surface area contributed by atoms with Crippen molar-refractivity contribution < 1.29 is 12.8 Å². The van der Waals surface area contributed by atoms with Gasteiger partial charge in [0, 0.05) is 17.5 Å². The normalized spacial score (nSPS) is 21.4. The van der Waals surface area contributed by atoms with Gasteiger partial charge in [-0.05, 0) is 58.6 Å². The van der Waals surface area contributed by atoms with Gasteiger partial charge in [0.2, 0.25) is 10.0 Å². The van der Waals surface area contributed by atoms with Gasteiger partial charge in [0.1, 0.15) is 11.5 Å². The third-order valence-electron chi connectivity index (χ3n) is 5.09. The fourth-order valence-electron chi connectivity index (χ4n) is 3.34. The number of benzene rings is 1. The van der Waals surface area contributed by atoms with Gasteiger partial charge in [-0.15, -0.1) is 0 Å². The van der Waals surface area contributed by atoms with E-state index in [4.69, 9.17) is 11.6 Å². The van der Waals surface area contributed by atoms with E-state index in [0.717, 1.165) is 31.4 Å². The van der Waals surface area contributed by atoms with Crippen LogP contribution in [0.25, 0.3) is 11.3 Å². The first-order chi connectivity index (χ1) is 12.6. The molecule has 0 atom stereocenters. The topological polar surface area (TPSA) is 74.8 Å². The lowest BCUT2D eigenvalue weighted by Crippen LogP contribution is -2.45. The summed E-state index contributed by atoms with van der Waals surface area (Å²) in [5.41, 5.74) is 2.02. The summed E-state index contributed by atoms with van der Waals surface area (Å²) in [4.78, 5) is 0. The molecule has 1 aliphatic rings. The molecule has 0 spiro atoms. The molecule has 5 nitrogen and oxygen atoms in total. The highest BCUT2D eigenvalue weighted by molar-refractivity contribution is 7.90. The van der Waals surface area contributed by atoms with Gasteiger partial charge in [-0.1, -0.05) is 23.7 Å². The highest BCUT2D eigenvalue weighted by atomic mass is 35.5. The van der Waals surface area contributed by atoms with E-state index in [9.17, 15) is 12.8 Å². The summed E-state index contributed by atoms with van der Waals surface area (Å²) >= 11 is 6.52. The Labute approximate surface area is 164 Å². The van der Waals surface area contributed by atoms with E-state index in [1.165, 1.54) is 12.1 Å². The molecule has 1 fully saturated rings. The van der Waals surface area contributed by atoms with Crippen LogP contribution in [0.15, 0.2) is 24.3 Å². The van der Waals surface area contributed by atoms with Crippen molar-refractivity contribution in [2.24, 2.45) is 0 Å². The Balaban J connectivity index is 1.69. The van der Waals surface area contributed by atoms with E-state index >= 15 is 0 Å². The molecule has 0 radical (unpaired) electrons. The van der Waals surface area contributed by atoms with Crippen molar-refractivity contribution in [2.75, 3.05) is 0 Å². The molecule has 0 amide bonds. The van der Waals surface area contributed by atoms with Gasteiger partial charge in [0.25, 0.3) is 0 Å². The lowest BCUT2D eigenvalue weighted by Gasteiger charge is -2.31. The summed E-state index contributed by atoms with van der Waals surface area (Å²) in [6, 6.07) is 6.12. The van der Waals surface area contributed by atoms with Crippen LogP contribution in [0.2, 0.25) is 5.02 Å². The van der Waals surface area contributed by atoms with Crippen LogP contribution in [0.5, 0.6) is 0 Å². The third kappa shape index (κ3) is 4.36. The van der Waals surface area contributed by atoms with Gasteiger partial charge in [-0.2, -0.15) is 5.10 Å². The molecule has 0 unspecified atom stereocenters. The number of H-pyrrole nitrogens is 1. The first-order valence-electron chi connectivity index (χ1n) is 9.10. The minimum Gasteiger partial charge on any atom is -0.280 e. The number of sulfonamides is 1. The van der Waals surface area contributed by atoms with Gasteiger partial charge in [0.15, 0.2) is 0 Å². The number of hydrogen-bond acceptors (Lipinski definition) is 3. The molecule has 2 aromatic rings. The van der Waals surface area contributed by atoms with E-state index in [1.807, 2.05) is 0 Å². The average Bonchev–Trinajstić information content (AvgIpc) is 2.96. The minimum atomic E-state index is -3.36. The van der Waals surface area contributed by atoms with Crippen molar-refractivity contribution >= 4 is 21.6 Å². The van der Waals surface area contributed by atoms with Crippen molar-refractivity contribution in [2.45, 2.75) is 63.2 Å². The standard InChI is InChI=1S/C19H25ClFN3O2S/c1-19(2,3)27(25,26)24-15-9-7-12(8-10-15)17-16(20)18(23-22-17)13-5-4-6-14(21)11-13/h4-6,11-12,15,24H,7-10H2,1-3H3,(H,22,23)/t12-,15-. The van der Waals surface area contributed by atoms with E-state index in [2.05, 4.69) is 14.9 Å². The number of nitrogens with zero attached hydrogens (tertiary/aromatic N) is 1. The molecule has 1 aromatic heterocycles. The minimum absolute atomic E-state index is 0.0603. The fourth-order valence-corrected chi connectivity index (χ4v) is 4.71. The Morgan fingerprint density at radius 2 is 1.89 bits per heavy atom. The summed E-state index contributed by atoms with van der Waals surface area (Å²) in [6.45, 7) is 5.08. The lowest BCUT2D eigenvalue weighted by molar-refractivity contribution is 0.367. The molecule has 0 saturated heterocycles. The van der Waals surface area contributed by atoms with Crippen LogP contribution < -0.4 is 4.72 Å². The third-order valence-corrected chi connectivity index (χ3v) is 7.73. The molecule has 148 valence electrons. The molecular weight excluding hydrogens is 389 g/mol. The number of halogens is 2. The Morgan fingerprint density at radius 1 is 1.22 bits per heavy atom. The quantitative estimate of drug-likeness (QED) is 0.768. The Hall–Kier alpha value is -1.44. The molecular formula is C19H25ClFN3O2S. The number of aromatic amines is 1. The van der Waals surface area contributed by atoms with Crippen molar-refractivity contribution in [3.63, 3.8) is 0 Å². The first kappa shape index (κ1) is 20.3. The summed E-state index contributed by atoms with van der Waals surface area (Å²) in [6.07, 6.45) is 3.10. The van der Waals surface area contributed by atoms with Crippen LogP contribution >= 0.6 is 11.6 Å². The Kier molecular flexibility index (Phi) is 5.66. The van der Waals surface area contributed by atoms with Crippen LogP contribution in [0.4, 0.5) is 4.39 Å². The van der Waals surface area contributed by atoms with Gasteiger partial charge in [-0.25, -0.2) is 17.5 Å². The zero-order valence-corrected chi connectivity index (χ0v) is 17.3. The lowest BCUT2D eigenvalue weighted by atomic mass is 9.84. The maximum absolute atomic E-state index is 13.5. The SMILES string of the molecule is CC(C)(C)S(=O)(=O)N[C@H]1CC[C@H](c2[nH]nc(-c3cccc(F)c3)c2Cl)CC1. The molecule has 27 heavy (non-hydrogen) atoms. The number of rotatable bonds is 4. The van der Waals surface area contributed by atoms with E-state index in [-0.39, 0.29) is 17.8 Å². The second-order valence-corrected chi connectivity index (χ2v) is 10.9. The molecule has 2 N–H and O–H groups in total. The van der Waals surface area contributed by atoms with Crippen LogP contribution in [0.3, 0.4) is 0 Å². The summed E-state index contributed by atoms with van der Waals surface area (Å²) in [5.74, 6) is -0.151. The predicted octanol–water partition coefficient (Wildman–Crippen LogP) is 4.61. The van der Waals surface area contributed by atoms with E-state index in [0.29, 0.717) is 16.3 Å². The largest absolute Gasteiger partial charge is 0.280 e. The zero-order valence-electron chi connectivity index (χ0n) is 15.7. The molecule has 0 bridgehead atoms. The molecule has 0 aliphatic heterocycles. The van der Waals surface area contributed by atoms with Crippen molar-refractivity contribution in [3.05, 3.63) is 40.8 Å². The predicted molar refractivity (Wildman–Crippen MR) is 106 cm³/mol. The Bertz CT molecular complexity index is 913. The zero-order chi connectivity index (χ0) is 19.8. The summed E-state index contributed by atoms with van der Waals surface area (Å²) in [5, 5.41) is 7.80.